The van der Waals surface area contributed by atoms with E-state index in [-0.39, 0.29) is 6.54 Å². The van der Waals surface area contributed by atoms with E-state index in [0.717, 1.165) is 4.47 Å². The lowest BCUT2D eigenvalue weighted by atomic mass is 10.1. The molecule has 0 aliphatic heterocycles. The summed E-state index contributed by atoms with van der Waals surface area (Å²) in [6.45, 7) is 1.51. The fourth-order valence-corrected chi connectivity index (χ4v) is 1.70. The number of nitrogens with one attached hydrogen (secondary N) is 1. The van der Waals surface area contributed by atoms with Crippen LogP contribution in [0.4, 0.5) is 5.69 Å². The summed E-state index contributed by atoms with van der Waals surface area (Å²) in [5.74, 6) is -1.92. The van der Waals surface area contributed by atoms with E-state index >= 15 is 0 Å². The van der Waals surface area contributed by atoms with E-state index in [0.29, 0.717) is 11.3 Å². The van der Waals surface area contributed by atoms with E-state index in [1.807, 2.05) is 0 Å². The number of carbonyl (C=O) groups excluding carboxylic acids is 1. The van der Waals surface area contributed by atoms with Gasteiger partial charge < -0.3 is 16.2 Å². The first kappa shape index (κ1) is 15.1. The van der Waals surface area contributed by atoms with E-state index in [9.17, 15) is 9.59 Å². The molecule has 1 aromatic carbocycles. The van der Waals surface area contributed by atoms with Crippen molar-refractivity contribution in [2.45, 2.75) is 17.8 Å². The zero-order valence-corrected chi connectivity index (χ0v) is 12.7. The first-order valence-electron chi connectivity index (χ1n) is 5.01. The van der Waals surface area contributed by atoms with E-state index in [1.54, 1.807) is 18.2 Å². The molecule has 7 heteroatoms. The molecule has 4 N–H and O–H groups in total. The van der Waals surface area contributed by atoms with Gasteiger partial charge in [0, 0.05) is 16.7 Å². The molecule has 18 heavy (non-hydrogen) atoms. The fraction of sp³-hybridized carbons (Fsp3) is 0.273. The number of nitrogens with two attached hydrogens (primary N) is 1. The number of benzene rings is 1. The van der Waals surface area contributed by atoms with Crippen LogP contribution in [0.25, 0.3) is 0 Å². The number of rotatable bonds is 4. The minimum Gasteiger partial charge on any atom is -0.480 e. The molecule has 0 aromatic heterocycles. The maximum atomic E-state index is 11.8. The van der Waals surface area contributed by atoms with Crippen LogP contribution in [0.5, 0.6) is 0 Å². The molecule has 0 fully saturated rings. The van der Waals surface area contributed by atoms with Crippen LogP contribution < -0.4 is 11.1 Å². The second kappa shape index (κ2) is 5.81. The van der Waals surface area contributed by atoms with Gasteiger partial charge in [0.25, 0.3) is 5.91 Å². The molecular formula is C11H12Br2N2O3. The Morgan fingerprint density at radius 3 is 2.61 bits per heavy atom. The topological polar surface area (TPSA) is 92.4 Å². The highest BCUT2D eigenvalue weighted by Gasteiger charge is 2.38. The largest absolute Gasteiger partial charge is 0.480 e. The fourth-order valence-electron chi connectivity index (χ4n) is 1.19. The molecule has 0 aliphatic rings. The van der Waals surface area contributed by atoms with Crippen LogP contribution in [0.15, 0.2) is 22.7 Å². The van der Waals surface area contributed by atoms with E-state index in [1.165, 1.54) is 6.92 Å². The molecule has 0 spiro atoms. The van der Waals surface area contributed by atoms with Gasteiger partial charge in [-0.05, 0) is 30.7 Å². The van der Waals surface area contributed by atoms with Crippen LogP contribution in [0.1, 0.15) is 12.5 Å². The molecule has 5 nitrogen and oxygen atoms in total. The molecule has 1 atom stereocenters. The number of carboxylic acid groups (broad SMARTS) is 1. The second-order valence-corrected chi connectivity index (χ2v) is 6.27. The van der Waals surface area contributed by atoms with Crippen LogP contribution in [0.2, 0.25) is 0 Å². The predicted molar refractivity (Wildman–Crippen MR) is 75.6 cm³/mol. The Morgan fingerprint density at radius 2 is 2.11 bits per heavy atom. The highest BCUT2D eigenvalue weighted by Crippen LogP contribution is 2.24. The highest BCUT2D eigenvalue weighted by atomic mass is 79.9. The van der Waals surface area contributed by atoms with Crippen molar-refractivity contribution < 1.29 is 14.7 Å². The standard InChI is InChI=1S/C11H12Br2N2O3/c1-11(13,10(17)18)9(16)15-8-3-2-7(12)4-6(8)5-14/h2-4H,5,14H2,1H3,(H,15,16)(H,17,18). The summed E-state index contributed by atoms with van der Waals surface area (Å²) in [6.07, 6.45) is 0. The zero-order valence-electron chi connectivity index (χ0n) is 9.54. The Balaban J connectivity index is 2.98. The van der Waals surface area contributed by atoms with Crippen LogP contribution in [0.3, 0.4) is 0 Å². The molecule has 0 aliphatic carbocycles. The van der Waals surface area contributed by atoms with Gasteiger partial charge in [0.1, 0.15) is 0 Å². The first-order chi connectivity index (χ1) is 8.28. The van der Waals surface area contributed by atoms with Crippen LogP contribution in [-0.2, 0) is 16.1 Å². The molecule has 1 aromatic rings. The summed E-state index contributed by atoms with van der Waals surface area (Å²) in [5, 5.41) is 11.5. The average molecular weight is 380 g/mol. The molecule has 0 saturated heterocycles. The number of carbonyl (C=O) groups is 2. The van der Waals surface area contributed by atoms with Crippen molar-refractivity contribution in [3.8, 4) is 0 Å². The Morgan fingerprint density at radius 1 is 1.50 bits per heavy atom. The normalized spacial score (nSPS) is 13.8. The lowest BCUT2D eigenvalue weighted by molar-refractivity contribution is -0.142. The third-order valence-corrected chi connectivity index (χ3v) is 3.56. The minimum absolute atomic E-state index is 0.237. The number of hydrogen-bond acceptors (Lipinski definition) is 3. The number of aliphatic carboxylic acids is 1. The zero-order chi connectivity index (χ0) is 13.9. The van der Waals surface area contributed by atoms with Gasteiger partial charge in [-0.3, -0.25) is 9.59 Å². The molecule has 1 unspecified atom stereocenters. The smallest absolute Gasteiger partial charge is 0.329 e. The van der Waals surface area contributed by atoms with Crippen molar-refractivity contribution in [1.29, 1.82) is 0 Å². The van der Waals surface area contributed by atoms with Gasteiger partial charge in [0.05, 0.1) is 0 Å². The summed E-state index contributed by atoms with van der Waals surface area (Å²) in [6, 6.07) is 5.16. The molecular weight excluding hydrogens is 368 g/mol. The monoisotopic (exact) mass is 378 g/mol. The maximum Gasteiger partial charge on any atom is 0.329 e. The lowest BCUT2D eigenvalue weighted by Gasteiger charge is -2.18. The number of halogens is 2. The van der Waals surface area contributed by atoms with E-state index in [2.05, 4.69) is 37.2 Å². The van der Waals surface area contributed by atoms with Gasteiger partial charge in [0.15, 0.2) is 4.32 Å². The predicted octanol–water partition coefficient (Wildman–Crippen LogP) is 2.08. The third kappa shape index (κ3) is 3.30. The number of anilines is 1. The summed E-state index contributed by atoms with van der Waals surface area (Å²) in [5.41, 5.74) is 6.78. The Hall–Kier alpha value is -0.920. The van der Waals surface area contributed by atoms with Gasteiger partial charge in [-0.25, -0.2) is 0 Å². The van der Waals surface area contributed by atoms with Gasteiger partial charge in [-0.15, -0.1) is 0 Å². The highest BCUT2D eigenvalue weighted by molar-refractivity contribution is 9.10. The lowest BCUT2D eigenvalue weighted by Crippen LogP contribution is -2.41. The van der Waals surface area contributed by atoms with Gasteiger partial charge in [-0.1, -0.05) is 31.9 Å². The molecule has 0 heterocycles. The molecule has 1 rings (SSSR count). The van der Waals surface area contributed by atoms with Gasteiger partial charge in [-0.2, -0.15) is 0 Å². The molecule has 0 radical (unpaired) electrons. The van der Waals surface area contributed by atoms with Gasteiger partial charge >= 0.3 is 5.97 Å². The maximum absolute atomic E-state index is 11.8. The number of hydrogen-bond donors (Lipinski definition) is 3. The Labute approximate surface area is 121 Å². The van der Waals surface area contributed by atoms with Crippen molar-refractivity contribution in [3.05, 3.63) is 28.2 Å². The summed E-state index contributed by atoms with van der Waals surface area (Å²) >= 11 is 6.17. The van der Waals surface area contributed by atoms with E-state index in [4.69, 9.17) is 10.8 Å². The quantitative estimate of drug-likeness (QED) is 0.551. The third-order valence-electron chi connectivity index (χ3n) is 2.36. The molecule has 0 saturated carbocycles. The molecule has 0 bridgehead atoms. The Bertz CT molecular complexity index is 489. The Kier molecular flexibility index (Phi) is 4.89. The van der Waals surface area contributed by atoms with Crippen molar-refractivity contribution >= 4 is 49.4 Å². The van der Waals surface area contributed by atoms with Crippen LogP contribution in [0, 0.1) is 0 Å². The first-order valence-corrected chi connectivity index (χ1v) is 6.60. The summed E-state index contributed by atoms with van der Waals surface area (Å²) < 4.78 is -0.841. The van der Waals surface area contributed by atoms with Gasteiger partial charge in [0.2, 0.25) is 0 Å². The van der Waals surface area contributed by atoms with Crippen molar-refractivity contribution in [1.82, 2.24) is 0 Å². The second-order valence-electron chi connectivity index (χ2n) is 3.77. The summed E-state index contributed by atoms with van der Waals surface area (Å²) in [7, 11) is 0. The molecule has 98 valence electrons. The SMILES string of the molecule is CC(Br)(C(=O)O)C(=O)Nc1ccc(Br)cc1CN. The summed E-state index contributed by atoms with van der Waals surface area (Å²) in [4.78, 5) is 22.8. The number of amides is 1. The van der Waals surface area contributed by atoms with Crippen molar-refractivity contribution in [3.63, 3.8) is 0 Å². The van der Waals surface area contributed by atoms with Crippen molar-refractivity contribution in [2.24, 2.45) is 5.73 Å². The molecule has 1 amide bonds. The van der Waals surface area contributed by atoms with Crippen molar-refractivity contribution in [2.75, 3.05) is 5.32 Å². The average Bonchev–Trinajstić information content (AvgIpc) is 2.30. The van der Waals surface area contributed by atoms with E-state index < -0.39 is 16.2 Å². The minimum atomic E-state index is -1.67. The number of alkyl halides is 1. The van der Waals surface area contributed by atoms with Crippen LogP contribution in [-0.4, -0.2) is 21.3 Å². The number of carboxylic acids is 1. The van der Waals surface area contributed by atoms with Crippen LogP contribution >= 0.6 is 31.9 Å².